The highest BCUT2D eigenvalue weighted by Crippen LogP contribution is 2.57. The average Bonchev–Trinajstić information content (AvgIpc) is 2.75. The Morgan fingerprint density at radius 3 is 2.50 bits per heavy atom. The summed E-state index contributed by atoms with van der Waals surface area (Å²) in [6.07, 6.45) is 2.23. The van der Waals surface area contributed by atoms with Gasteiger partial charge >= 0.3 is 0 Å². The number of fused-ring (bicyclic) bond motifs is 2. The van der Waals surface area contributed by atoms with Crippen molar-refractivity contribution in [1.82, 2.24) is 0 Å². The average molecular weight is 321 g/mol. The van der Waals surface area contributed by atoms with Gasteiger partial charge in [-0.3, -0.25) is 0 Å². The molecule has 3 heteroatoms. The first kappa shape index (κ1) is 15.1. The monoisotopic (exact) mass is 321 g/mol. The molecule has 1 unspecified atom stereocenters. The Kier molecular flexibility index (Phi) is 3.02. The molecule has 3 nitrogen and oxygen atoms in total. The fraction of sp³-hybridized carbons (Fsp3) is 0.333. The van der Waals surface area contributed by atoms with Crippen LogP contribution < -0.4 is 14.4 Å². The van der Waals surface area contributed by atoms with Crippen LogP contribution in [0.1, 0.15) is 31.9 Å². The van der Waals surface area contributed by atoms with E-state index < -0.39 is 5.72 Å². The SMILES string of the molecule is COc1cccc2c1OC1(C(C)=C2)N(C)c2ccccc2C1(C)C. The summed E-state index contributed by atoms with van der Waals surface area (Å²) in [5.41, 5.74) is 4.03. The fourth-order valence-corrected chi connectivity index (χ4v) is 4.50. The van der Waals surface area contributed by atoms with Crippen LogP contribution in [0, 0.1) is 0 Å². The Labute approximate surface area is 143 Å². The molecule has 1 atom stereocenters. The molecule has 2 aromatic carbocycles. The molecule has 0 amide bonds. The summed E-state index contributed by atoms with van der Waals surface area (Å²) in [6.45, 7) is 6.67. The Balaban J connectivity index is 1.97. The molecule has 0 bridgehead atoms. The Morgan fingerprint density at radius 1 is 1.04 bits per heavy atom. The lowest BCUT2D eigenvalue weighted by Crippen LogP contribution is -2.60. The lowest BCUT2D eigenvalue weighted by atomic mass is 9.73. The van der Waals surface area contributed by atoms with Crippen molar-refractivity contribution in [3.8, 4) is 11.5 Å². The molecule has 124 valence electrons. The van der Waals surface area contributed by atoms with Crippen molar-refractivity contribution in [3.63, 3.8) is 0 Å². The number of para-hydroxylation sites is 2. The molecule has 2 aromatic rings. The first-order valence-electron chi connectivity index (χ1n) is 8.31. The van der Waals surface area contributed by atoms with Crippen molar-refractivity contribution < 1.29 is 9.47 Å². The number of methoxy groups -OCH3 is 1. The minimum absolute atomic E-state index is 0.197. The van der Waals surface area contributed by atoms with Gasteiger partial charge in [-0.25, -0.2) is 0 Å². The second kappa shape index (κ2) is 4.79. The van der Waals surface area contributed by atoms with E-state index in [-0.39, 0.29) is 5.41 Å². The second-order valence-corrected chi connectivity index (χ2v) is 7.15. The highest BCUT2D eigenvalue weighted by Gasteiger charge is 2.60. The quantitative estimate of drug-likeness (QED) is 0.765. The van der Waals surface area contributed by atoms with Crippen molar-refractivity contribution in [2.75, 3.05) is 19.1 Å². The van der Waals surface area contributed by atoms with E-state index in [0.717, 1.165) is 17.1 Å². The number of ether oxygens (including phenoxy) is 2. The van der Waals surface area contributed by atoms with Crippen molar-refractivity contribution in [2.45, 2.75) is 31.9 Å². The smallest absolute Gasteiger partial charge is 0.214 e. The summed E-state index contributed by atoms with van der Waals surface area (Å²) in [6, 6.07) is 14.6. The maximum atomic E-state index is 6.76. The molecule has 1 spiro atoms. The maximum absolute atomic E-state index is 6.76. The van der Waals surface area contributed by atoms with Crippen molar-refractivity contribution in [2.24, 2.45) is 0 Å². The molecule has 2 aliphatic rings. The van der Waals surface area contributed by atoms with Crippen LogP contribution >= 0.6 is 0 Å². The van der Waals surface area contributed by atoms with E-state index in [1.807, 2.05) is 12.1 Å². The summed E-state index contributed by atoms with van der Waals surface area (Å²) >= 11 is 0. The molecule has 4 rings (SSSR count). The molecule has 24 heavy (non-hydrogen) atoms. The summed E-state index contributed by atoms with van der Waals surface area (Å²) in [5, 5.41) is 0. The van der Waals surface area contributed by atoms with Crippen LogP contribution in [0.3, 0.4) is 0 Å². The molecule has 0 radical (unpaired) electrons. The number of benzene rings is 2. The van der Waals surface area contributed by atoms with Gasteiger partial charge in [0.15, 0.2) is 11.5 Å². The predicted octanol–water partition coefficient (Wildman–Crippen LogP) is 4.61. The van der Waals surface area contributed by atoms with E-state index in [1.165, 1.54) is 16.8 Å². The van der Waals surface area contributed by atoms with Gasteiger partial charge in [0.2, 0.25) is 5.72 Å². The molecule has 0 aliphatic carbocycles. The lowest BCUT2D eigenvalue weighted by Gasteiger charge is -2.48. The number of hydrogen-bond donors (Lipinski definition) is 0. The third-order valence-corrected chi connectivity index (χ3v) is 5.64. The number of rotatable bonds is 1. The minimum atomic E-state index is -0.557. The molecule has 0 aromatic heterocycles. The first-order valence-corrected chi connectivity index (χ1v) is 8.31. The Hall–Kier alpha value is -2.42. The standard InChI is InChI=1S/C21H23NO2/c1-14-13-15-9-8-12-18(23-5)19(15)24-21(14)20(2,3)16-10-6-7-11-17(16)22(21)4/h6-13H,1-5H3. The molecular formula is C21H23NO2. The van der Waals surface area contributed by atoms with Crippen LogP contribution in [0.4, 0.5) is 5.69 Å². The van der Waals surface area contributed by atoms with Gasteiger partial charge in [0.25, 0.3) is 0 Å². The lowest BCUT2D eigenvalue weighted by molar-refractivity contribution is 0.0436. The van der Waals surface area contributed by atoms with E-state index in [9.17, 15) is 0 Å². The summed E-state index contributed by atoms with van der Waals surface area (Å²) in [5.74, 6) is 1.59. The zero-order valence-electron chi connectivity index (χ0n) is 14.9. The largest absolute Gasteiger partial charge is 0.493 e. The zero-order chi connectivity index (χ0) is 17.1. The zero-order valence-corrected chi connectivity index (χ0v) is 14.9. The molecular weight excluding hydrogens is 298 g/mol. The van der Waals surface area contributed by atoms with E-state index >= 15 is 0 Å². The highest BCUT2D eigenvalue weighted by atomic mass is 16.5. The van der Waals surface area contributed by atoms with E-state index in [0.29, 0.717) is 0 Å². The maximum Gasteiger partial charge on any atom is 0.214 e. The van der Waals surface area contributed by atoms with Gasteiger partial charge in [-0.05, 0) is 50.1 Å². The predicted molar refractivity (Wildman–Crippen MR) is 97.9 cm³/mol. The minimum Gasteiger partial charge on any atom is -0.493 e. The van der Waals surface area contributed by atoms with Gasteiger partial charge in [0, 0.05) is 18.3 Å². The van der Waals surface area contributed by atoms with Crippen molar-refractivity contribution in [1.29, 1.82) is 0 Å². The molecule has 0 N–H and O–H groups in total. The molecule has 0 fully saturated rings. The van der Waals surface area contributed by atoms with Gasteiger partial charge in [0.05, 0.1) is 12.5 Å². The van der Waals surface area contributed by atoms with Crippen molar-refractivity contribution in [3.05, 3.63) is 59.2 Å². The number of nitrogens with zero attached hydrogens (tertiary/aromatic N) is 1. The number of anilines is 1. The topological polar surface area (TPSA) is 21.7 Å². The fourth-order valence-electron chi connectivity index (χ4n) is 4.50. The van der Waals surface area contributed by atoms with Crippen LogP contribution in [0.15, 0.2) is 48.0 Å². The van der Waals surface area contributed by atoms with Gasteiger partial charge in [-0.2, -0.15) is 0 Å². The highest BCUT2D eigenvalue weighted by molar-refractivity contribution is 5.75. The van der Waals surface area contributed by atoms with Crippen LogP contribution in [-0.4, -0.2) is 19.9 Å². The van der Waals surface area contributed by atoms with E-state index in [4.69, 9.17) is 9.47 Å². The number of likely N-dealkylation sites (N-methyl/N-ethyl adjacent to an activating group) is 1. The van der Waals surface area contributed by atoms with Crippen LogP contribution in [-0.2, 0) is 5.41 Å². The van der Waals surface area contributed by atoms with E-state index in [1.54, 1.807) is 7.11 Å². The molecule has 0 saturated heterocycles. The first-order chi connectivity index (χ1) is 11.4. The summed E-state index contributed by atoms with van der Waals surface area (Å²) in [7, 11) is 3.81. The van der Waals surface area contributed by atoms with E-state index in [2.05, 4.69) is 69.1 Å². The van der Waals surface area contributed by atoms with Crippen LogP contribution in [0.5, 0.6) is 11.5 Å². The molecule has 2 heterocycles. The van der Waals surface area contributed by atoms with Crippen LogP contribution in [0.25, 0.3) is 6.08 Å². The number of hydrogen-bond acceptors (Lipinski definition) is 3. The molecule has 0 saturated carbocycles. The Bertz CT molecular complexity index is 853. The van der Waals surface area contributed by atoms with Crippen LogP contribution in [0.2, 0.25) is 0 Å². The summed E-state index contributed by atoms with van der Waals surface area (Å²) < 4.78 is 12.3. The third-order valence-electron chi connectivity index (χ3n) is 5.64. The third kappa shape index (κ3) is 1.62. The summed E-state index contributed by atoms with van der Waals surface area (Å²) in [4.78, 5) is 2.27. The Morgan fingerprint density at radius 2 is 1.79 bits per heavy atom. The van der Waals surface area contributed by atoms with Gasteiger partial charge in [-0.15, -0.1) is 0 Å². The molecule has 2 aliphatic heterocycles. The van der Waals surface area contributed by atoms with Gasteiger partial charge in [-0.1, -0.05) is 30.3 Å². The van der Waals surface area contributed by atoms with Gasteiger partial charge < -0.3 is 14.4 Å². The second-order valence-electron chi connectivity index (χ2n) is 7.15. The van der Waals surface area contributed by atoms with Crippen molar-refractivity contribution >= 4 is 11.8 Å². The normalized spacial score (nSPS) is 23.4. The van der Waals surface area contributed by atoms with Gasteiger partial charge in [0.1, 0.15) is 0 Å².